The molecule has 19 heavy (non-hydrogen) atoms. The molecular formula is C15H28N2O2. The first kappa shape index (κ1) is 14.8. The Labute approximate surface area is 116 Å². The monoisotopic (exact) mass is 268 g/mol. The summed E-state index contributed by atoms with van der Waals surface area (Å²) >= 11 is 0. The lowest BCUT2D eigenvalue weighted by molar-refractivity contribution is -0.148. The molecule has 2 unspecified atom stereocenters. The van der Waals surface area contributed by atoms with E-state index in [2.05, 4.69) is 10.2 Å². The molecule has 1 aliphatic heterocycles. The van der Waals surface area contributed by atoms with Crippen LogP contribution in [-0.2, 0) is 9.53 Å². The fourth-order valence-corrected chi connectivity index (χ4v) is 2.89. The van der Waals surface area contributed by atoms with Crippen LogP contribution < -0.4 is 5.32 Å². The molecule has 0 aromatic heterocycles. The lowest BCUT2D eigenvalue weighted by Crippen LogP contribution is -2.46. The summed E-state index contributed by atoms with van der Waals surface area (Å²) in [5, 5.41) is 3.60. The number of ether oxygens (including phenoxy) is 1. The van der Waals surface area contributed by atoms with Gasteiger partial charge in [0.05, 0.1) is 12.5 Å². The fourth-order valence-electron chi connectivity index (χ4n) is 2.89. The summed E-state index contributed by atoms with van der Waals surface area (Å²) < 4.78 is 5.11. The van der Waals surface area contributed by atoms with Crippen LogP contribution in [0.1, 0.15) is 46.0 Å². The number of carbonyl (C=O) groups is 1. The SMILES string of the molecule is CCOC(=O)C(C)CN(CC1CCCCN1)C1CC1. The molecule has 110 valence electrons. The molecule has 0 aromatic rings. The molecular weight excluding hydrogens is 240 g/mol. The average molecular weight is 268 g/mol. The van der Waals surface area contributed by atoms with Crippen LogP contribution in [0, 0.1) is 5.92 Å². The van der Waals surface area contributed by atoms with Crippen molar-refractivity contribution in [3.8, 4) is 0 Å². The molecule has 2 atom stereocenters. The molecule has 1 heterocycles. The number of nitrogens with zero attached hydrogens (tertiary/aromatic N) is 1. The quantitative estimate of drug-likeness (QED) is 0.715. The van der Waals surface area contributed by atoms with Crippen molar-refractivity contribution in [1.82, 2.24) is 10.2 Å². The predicted octanol–water partition coefficient (Wildman–Crippen LogP) is 1.79. The van der Waals surface area contributed by atoms with Crippen molar-refractivity contribution in [3.05, 3.63) is 0 Å². The third-order valence-corrected chi connectivity index (χ3v) is 4.13. The van der Waals surface area contributed by atoms with E-state index in [9.17, 15) is 4.79 Å². The Morgan fingerprint density at radius 1 is 1.37 bits per heavy atom. The van der Waals surface area contributed by atoms with Gasteiger partial charge in [0.1, 0.15) is 0 Å². The van der Waals surface area contributed by atoms with Crippen molar-refractivity contribution in [2.24, 2.45) is 5.92 Å². The maximum absolute atomic E-state index is 11.7. The van der Waals surface area contributed by atoms with Gasteiger partial charge in [-0.05, 0) is 39.2 Å². The van der Waals surface area contributed by atoms with Crippen molar-refractivity contribution in [1.29, 1.82) is 0 Å². The van der Waals surface area contributed by atoms with Crippen LogP contribution in [0.4, 0.5) is 0 Å². The van der Waals surface area contributed by atoms with Crippen LogP contribution in [0.15, 0.2) is 0 Å². The fraction of sp³-hybridized carbons (Fsp3) is 0.933. The Hall–Kier alpha value is -0.610. The molecule has 4 heteroatoms. The molecule has 1 saturated heterocycles. The van der Waals surface area contributed by atoms with Gasteiger partial charge < -0.3 is 10.1 Å². The van der Waals surface area contributed by atoms with E-state index in [0.717, 1.165) is 19.6 Å². The highest BCUT2D eigenvalue weighted by atomic mass is 16.5. The standard InChI is InChI=1S/C15H28N2O2/c1-3-19-15(18)12(2)10-17(14-7-8-14)11-13-6-4-5-9-16-13/h12-14,16H,3-11H2,1-2H3. The molecule has 0 spiro atoms. The first-order valence-corrected chi connectivity index (χ1v) is 7.84. The maximum Gasteiger partial charge on any atom is 0.309 e. The molecule has 0 bridgehead atoms. The molecule has 0 amide bonds. The van der Waals surface area contributed by atoms with Gasteiger partial charge in [0.15, 0.2) is 0 Å². The third kappa shape index (κ3) is 4.77. The number of carbonyl (C=O) groups excluding carboxylic acids is 1. The second kappa shape index (κ2) is 7.25. The van der Waals surface area contributed by atoms with Crippen LogP contribution >= 0.6 is 0 Å². The lowest BCUT2D eigenvalue weighted by atomic mass is 10.0. The maximum atomic E-state index is 11.7. The van der Waals surface area contributed by atoms with Crippen LogP contribution in [0.5, 0.6) is 0 Å². The van der Waals surface area contributed by atoms with Crippen molar-refractivity contribution in [2.45, 2.75) is 58.0 Å². The zero-order valence-corrected chi connectivity index (χ0v) is 12.4. The highest BCUT2D eigenvalue weighted by molar-refractivity contribution is 5.72. The van der Waals surface area contributed by atoms with Crippen molar-refractivity contribution in [2.75, 3.05) is 26.2 Å². The molecule has 1 saturated carbocycles. The number of hydrogen-bond donors (Lipinski definition) is 1. The molecule has 0 radical (unpaired) electrons. The Balaban J connectivity index is 1.80. The summed E-state index contributed by atoms with van der Waals surface area (Å²) in [4.78, 5) is 14.3. The van der Waals surface area contributed by atoms with Crippen molar-refractivity contribution in [3.63, 3.8) is 0 Å². The smallest absolute Gasteiger partial charge is 0.309 e. The Morgan fingerprint density at radius 2 is 2.16 bits per heavy atom. The zero-order chi connectivity index (χ0) is 13.7. The van der Waals surface area contributed by atoms with Crippen LogP contribution in [0.3, 0.4) is 0 Å². The topological polar surface area (TPSA) is 41.6 Å². The highest BCUT2D eigenvalue weighted by Gasteiger charge is 2.33. The van der Waals surface area contributed by atoms with Gasteiger partial charge in [-0.2, -0.15) is 0 Å². The van der Waals surface area contributed by atoms with E-state index in [1.54, 1.807) is 0 Å². The summed E-state index contributed by atoms with van der Waals surface area (Å²) in [6.45, 7) is 7.43. The third-order valence-electron chi connectivity index (χ3n) is 4.13. The van der Waals surface area contributed by atoms with E-state index in [4.69, 9.17) is 4.74 Å². The van der Waals surface area contributed by atoms with E-state index in [0.29, 0.717) is 18.7 Å². The van der Waals surface area contributed by atoms with Crippen molar-refractivity contribution >= 4 is 5.97 Å². The number of piperidine rings is 1. The number of nitrogens with one attached hydrogen (secondary N) is 1. The summed E-state index contributed by atoms with van der Waals surface area (Å²) in [6.07, 6.45) is 6.50. The summed E-state index contributed by atoms with van der Waals surface area (Å²) in [7, 11) is 0. The van der Waals surface area contributed by atoms with E-state index in [-0.39, 0.29) is 11.9 Å². The van der Waals surface area contributed by atoms with Gasteiger partial charge in [-0.1, -0.05) is 13.3 Å². The van der Waals surface area contributed by atoms with Gasteiger partial charge >= 0.3 is 5.97 Å². The highest BCUT2D eigenvalue weighted by Crippen LogP contribution is 2.28. The zero-order valence-electron chi connectivity index (χ0n) is 12.4. The van der Waals surface area contributed by atoms with Gasteiger partial charge in [-0.25, -0.2) is 0 Å². The molecule has 2 rings (SSSR count). The van der Waals surface area contributed by atoms with Crippen molar-refractivity contribution < 1.29 is 9.53 Å². The van der Waals surface area contributed by atoms with E-state index in [1.807, 2.05) is 13.8 Å². The van der Waals surface area contributed by atoms with E-state index in [1.165, 1.54) is 32.1 Å². The Morgan fingerprint density at radius 3 is 2.74 bits per heavy atom. The second-order valence-electron chi connectivity index (χ2n) is 5.99. The largest absolute Gasteiger partial charge is 0.466 e. The normalized spacial score (nSPS) is 25.3. The minimum Gasteiger partial charge on any atom is -0.466 e. The van der Waals surface area contributed by atoms with Crippen LogP contribution in [0.2, 0.25) is 0 Å². The minimum absolute atomic E-state index is 0.0101. The molecule has 1 N–H and O–H groups in total. The predicted molar refractivity (Wildman–Crippen MR) is 76.0 cm³/mol. The molecule has 4 nitrogen and oxygen atoms in total. The van der Waals surface area contributed by atoms with Crippen LogP contribution in [0.25, 0.3) is 0 Å². The summed E-state index contributed by atoms with van der Waals surface area (Å²) in [6, 6.07) is 1.32. The number of esters is 1. The Bertz CT molecular complexity index is 286. The van der Waals surface area contributed by atoms with E-state index < -0.39 is 0 Å². The summed E-state index contributed by atoms with van der Waals surface area (Å²) in [5.41, 5.74) is 0. The Kier molecular flexibility index (Phi) is 5.64. The summed E-state index contributed by atoms with van der Waals surface area (Å²) in [5.74, 6) is -0.0612. The van der Waals surface area contributed by atoms with Gasteiger partial charge in [0, 0.05) is 25.2 Å². The second-order valence-corrected chi connectivity index (χ2v) is 5.99. The van der Waals surface area contributed by atoms with Gasteiger partial charge in [0.25, 0.3) is 0 Å². The number of rotatable bonds is 7. The molecule has 2 fully saturated rings. The molecule has 1 aliphatic carbocycles. The number of hydrogen-bond acceptors (Lipinski definition) is 4. The van der Waals surface area contributed by atoms with Gasteiger partial charge in [-0.3, -0.25) is 9.69 Å². The first-order valence-electron chi connectivity index (χ1n) is 7.84. The lowest BCUT2D eigenvalue weighted by Gasteiger charge is -2.31. The molecule has 2 aliphatic rings. The molecule has 0 aromatic carbocycles. The van der Waals surface area contributed by atoms with Gasteiger partial charge in [0.2, 0.25) is 0 Å². The average Bonchev–Trinajstić information content (AvgIpc) is 3.23. The van der Waals surface area contributed by atoms with Crippen LogP contribution in [-0.4, -0.2) is 49.2 Å². The minimum atomic E-state index is -0.0512. The van der Waals surface area contributed by atoms with Gasteiger partial charge in [-0.15, -0.1) is 0 Å². The van der Waals surface area contributed by atoms with E-state index >= 15 is 0 Å². The first-order chi connectivity index (χ1) is 9.20.